The lowest BCUT2D eigenvalue weighted by molar-refractivity contribution is 0.0697. The Labute approximate surface area is 191 Å². The van der Waals surface area contributed by atoms with Crippen LogP contribution in [0, 0.1) is 12.7 Å². The van der Waals surface area contributed by atoms with E-state index in [0.29, 0.717) is 39.7 Å². The molecule has 4 rings (SSSR count). The van der Waals surface area contributed by atoms with Gasteiger partial charge in [-0.1, -0.05) is 11.6 Å². The van der Waals surface area contributed by atoms with Crippen LogP contribution < -0.4 is 16.0 Å². The fourth-order valence-corrected chi connectivity index (χ4v) is 3.10. The number of carbonyl (C=O) groups excluding carboxylic acids is 1. The van der Waals surface area contributed by atoms with Crippen molar-refractivity contribution in [2.75, 3.05) is 16.0 Å². The molecule has 0 spiro atoms. The van der Waals surface area contributed by atoms with Gasteiger partial charge < -0.3 is 21.1 Å². The van der Waals surface area contributed by atoms with Crippen LogP contribution in [0.25, 0.3) is 11.2 Å². The number of amides is 2. The van der Waals surface area contributed by atoms with Gasteiger partial charge in [-0.25, -0.2) is 28.9 Å². The number of aromatic carboxylic acids is 1. The lowest BCUT2D eigenvalue weighted by atomic mass is 10.2. The average molecular weight is 467 g/mol. The van der Waals surface area contributed by atoms with Crippen LogP contribution in [0.1, 0.15) is 16.1 Å². The van der Waals surface area contributed by atoms with Crippen molar-refractivity contribution < 1.29 is 19.1 Å². The van der Waals surface area contributed by atoms with Crippen molar-refractivity contribution >= 4 is 57.6 Å². The molecule has 0 atom stereocenters. The molecule has 0 saturated carbocycles. The maximum Gasteiger partial charge on any atom is 0.335 e. The van der Waals surface area contributed by atoms with Crippen LogP contribution in [-0.2, 0) is 0 Å². The molecule has 2 aromatic heterocycles. The summed E-state index contributed by atoms with van der Waals surface area (Å²) in [7, 11) is 0. The van der Waals surface area contributed by atoms with Gasteiger partial charge in [0.15, 0.2) is 11.5 Å². The minimum absolute atomic E-state index is 0.103. The van der Waals surface area contributed by atoms with E-state index in [4.69, 9.17) is 16.7 Å². The zero-order valence-electron chi connectivity index (χ0n) is 17.1. The lowest BCUT2D eigenvalue weighted by Gasteiger charge is -2.11. The summed E-state index contributed by atoms with van der Waals surface area (Å²) in [5.41, 5.74) is 2.88. The number of aromatic nitrogens is 3. The number of halogens is 2. The van der Waals surface area contributed by atoms with E-state index < -0.39 is 17.8 Å². The standard InChI is InChI=1S/C22H16ClFN6O3/c1-11-17(29-22(33)28-14-6-7-16(24)15(23)8-14)9-18-20(26-11)30-19(10-25-18)27-13-4-2-12(3-5-13)21(31)32/h2-10H,1H3,(H,31,32)(H,26,27,30)(H2,28,29,33). The molecule has 33 heavy (non-hydrogen) atoms. The van der Waals surface area contributed by atoms with Gasteiger partial charge in [0.25, 0.3) is 0 Å². The van der Waals surface area contributed by atoms with Gasteiger partial charge in [0.2, 0.25) is 0 Å². The Morgan fingerprint density at radius 2 is 1.73 bits per heavy atom. The Morgan fingerprint density at radius 1 is 1.00 bits per heavy atom. The quantitative estimate of drug-likeness (QED) is 0.317. The van der Waals surface area contributed by atoms with Crippen molar-refractivity contribution in [3.63, 3.8) is 0 Å². The number of nitrogens with one attached hydrogen (secondary N) is 3. The molecule has 166 valence electrons. The molecular formula is C22H16ClFN6O3. The fourth-order valence-electron chi connectivity index (χ4n) is 2.92. The van der Waals surface area contributed by atoms with E-state index in [9.17, 15) is 14.0 Å². The molecule has 2 aromatic carbocycles. The molecule has 0 saturated heterocycles. The Kier molecular flexibility index (Phi) is 6.01. The molecule has 0 unspecified atom stereocenters. The second-order valence-corrected chi connectivity index (χ2v) is 7.34. The van der Waals surface area contributed by atoms with Crippen LogP contribution in [0.2, 0.25) is 5.02 Å². The van der Waals surface area contributed by atoms with Crippen LogP contribution in [-0.4, -0.2) is 32.1 Å². The first-order chi connectivity index (χ1) is 15.8. The normalized spacial score (nSPS) is 10.6. The third kappa shape index (κ3) is 5.13. The summed E-state index contributed by atoms with van der Waals surface area (Å²) in [4.78, 5) is 36.4. The van der Waals surface area contributed by atoms with Gasteiger partial charge in [0.1, 0.15) is 11.3 Å². The zero-order chi connectivity index (χ0) is 23.5. The largest absolute Gasteiger partial charge is 0.478 e. The van der Waals surface area contributed by atoms with Crippen molar-refractivity contribution in [3.05, 3.63) is 76.8 Å². The molecule has 4 N–H and O–H groups in total. The minimum atomic E-state index is -1.01. The van der Waals surface area contributed by atoms with Crippen LogP contribution in [0.5, 0.6) is 0 Å². The molecule has 0 bridgehead atoms. The summed E-state index contributed by atoms with van der Waals surface area (Å²) in [6.07, 6.45) is 1.49. The molecule has 0 radical (unpaired) electrons. The van der Waals surface area contributed by atoms with E-state index in [1.807, 2.05) is 0 Å². The smallest absolute Gasteiger partial charge is 0.335 e. The van der Waals surface area contributed by atoms with Gasteiger partial charge in [-0.05, 0) is 55.5 Å². The second-order valence-electron chi connectivity index (χ2n) is 6.93. The van der Waals surface area contributed by atoms with Gasteiger partial charge >= 0.3 is 12.0 Å². The molecule has 11 heteroatoms. The van der Waals surface area contributed by atoms with E-state index in [0.717, 1.165) is 6.07 Å². The highest BCUT2D eigenvalue weighted by molar-refractivity contribution is 6.31. The van der Waals surface area contributed by atoms with Crippen LogP contribution in [0.15, 0.2) is 54.7 Å². The fraction of sp³-hybridized carbons (Fsp3) is 0.0455. The second kappa shape index (κ2) is 9.05. The summed E-state index contributed by atoms with van der Waals surface area (Å²) >= 11 is 5.73. The zero-order valence-corrected chi connectivity index (χ0v) is 17.8. The number of pyridine rings is 1. The topological polar surface area (TPSA) is 129 Å². The van der Waals surface area contributed by atoms with E-state index in [1.165, 1.54) is 30.5 Å². The van der Waals surface area contributed by atoms with E-state index in [2.05, 4.69) is 30.9 Å². The molecule has 0 fully saturated rings. The summed E-state index contributed by atoms with van der Waals surface area (Å²) in [6.45, 7) is 1.70. The average Bonchev–Trinajstić information content (AvgIpc) is 2.77. The maximum absolute atomic E-state index is 13.3. The van der Waals surface area contributed by atoms with Gasteiger partial charge in [-0.15, -0.1) is 0 Å². The first-order valence-electron chi connectivity index (χ1n) is 9.56. The lowest BCUT2D eigenvalue weighted by Crippen LogP contribution is -2.20. The number of fused-ring (bicyclic) bond motifs is 1. The van der Waals surface area contributed by atoms with Crippen molar-refractivity contribution in [1.29, 1.82) is 0 Å². The van der Waals surface area contributed by atoms with Crippen molar-refractivity contribution in [2.24, 2.45) is 0 Å². The summed E-state index contributed by atoms with van der Waals surface area (Å²) in [6, 6.07) is 11.1. The number of nitrogens with zero attached hydrogens (tertiary/aromatic N) is 3. The van der Waals surface area contributed by atoms with Crippen LogP contribution in [0.3, 0.4) is 0 Å². The van der Waals surface area contributed by atoms with Crippen molar-refractivity contribution in [1.82, 2.24) is 15.0 Å². The van der Waals surface area contributed by atoms with Crippen LogP contribution >= 0.6 is 11.6 Å². The molecule has 0 aliphatic carbocycles. The SMILES string of the molecule is Cc1nc2nc(Nc3ccc(C(=O)O)cc3)cnc2cc1NC(=O)Nc1ccc(F)c(Cl)c1. The number of carboxylic acids is 1. The Bertz CT molecular complexity index is 1380. The molecule has 2 heterocycles. The Balaban J connectivity index is 1.49. The summed E-state index contributed by atoms with van der Waals surface area (Å²) < 4.78 is 13.3. The molecule has 2 amide bonds. The summed E-state index contributed by atoms with van der Waals surface area (Å²) in [5, 5.41) is 17.2. The number of aryl methyl sites for hydroxylation is 1. The molecule has 9 nitrogen and oxygen atoms in total. The highest BCUT2D eigenvalue weighted by Crippen LogP contribution is 2.22. The van der Waals surface area contributed by atoms with E-state index >= 15 is 0 Å². The van der Waals surface area contributed by atoms with Gasteiger partial charge in [-0.2, -0.15) is 0 Å². The number of anilines is 4. The number of carboxylic acid groups (broad SMARTS) is 1. The third-order valence-corrected chi connectivity index (χ3v) is 4.85. The summed E-state index contributed by atoms with van der Waals surface area (Å²) in [5.74, 6) is -1.17. The predicted octanol–water partition coefficient (Wildman–Crippen LogP) is 5.21. The van der Waals surface area contributed by atoms with Crippen molar-refractivity contribution in [3.8, 4) is 0 Å². The highest BCUT2D eigenvalue weighted by Gasteiger charge is 2.11. The molecular weight excluding hydrogens is 451 g/mol. The number of hydrogen-bond acceptors (Lipinski definition) is 6. The number of carbonyl (C=O) groups is 2. The van der Waals surface area contributed by atoms with Gasteiger partial charge in [0.05, 0.1) is 28.2 Å². The molecule has 4 aromatic rings. The third-order valence-electron chi connectivity index (χ3n) is 4.56. The number of hydrogen-bond donors (Lipinski definition) is 4. The van der Waals surface area contributed by atoms with Crippen LogP contribution in [0.4, 0.5) is 32.1 Å². The van der Waals surface area contributed by atoms with Gasteiger partial charge in [-0.3, -0.25) is 0 Å². The molecule has 0 aliphatic rings. The van der Waals surface area contributed by atoms with E-state index in [-0.39, 0.29) is 10.6 Å². The first-order valence-corrected chi connectivity index (χ1v) is 9.94. The molecule has 0 aliphatic heterocycles. The monoisotopic (exact) mass is 466 g/mol. The maximum atomic E-state index is 13.3. The minimum Gasteiger partial charge on any atom is -0.478 e. The predicted molar refractivity (Wildman–Crippen MR) is 123 cm³/mol. The van der Waals surface area contributed by atoms with Gasteiger partial charge in [0, 0.05) is 11.4 Å². The number of rotatable bonds is 5. The van der Waals surface area contributed by atoms with E-state index in [1.54, 1.807) is 25.1 Å². The Morgan fingerprint density at radius 3 is 2.42 bits per heavy atom. The number of urea groups is 1. The van der Waals surface area contributed by atoms with Crippen molar-refractivity contribution in [2.45, 2.75) is 6.92 Å². The first kappa shape index (κ1) is 21.9. The Hall–Kier alpha value is -4.31. The highest BCUT2D eigenvalue weighted by atomic mass is 35.5. The number of benzene rings is 2.